The van der Waals surface area contributed by atoms with Gasteiger partial charge in [0.25, 0.3) is 0 Å². The maximum atomic E-state index is 11.7. The third kappa shape index (κ3) is 3.32. The maximum absolute atomic E-state index is 11.7. The maximum Gasteiger partial charge on any atom is 0.214 e. The number of hydrogen-bond donors (Lipinski definition) is 2. The summed E-state index contributed by atoms with van der Waals surface area (Å²) in [5.41, 5.74) is 0. The minimum absolute atomic E-state index is 0.280. The predicted molar refractivity (Wildman–Crippen MR) is 80.8 cm³/mol. The van der Waals surface area contributed by atoms with E-state index in [-0.39, 0.29) is 5.75 Å². The number of sulfonamides is 1. The lowest BCUT2D eigenvalue weighted by Gasteiger charge is -2.23. The quantitative estimate of drug-likeness (QED) is 0.540. The molecule has 3 atom stereocenters. The highest BCUT2D eigenvalue weighted by Crippen LogP contribution is 2.34. The van der Waals surface area contributed by atoms with E-state index >= 15 is 0 Å². The Kier molecular flexibility index (Phi) is 4.37. The van der Waals surface area contributed by atoms with Crippen LogP contribution in [0.4, 0.5) is 0 Å². The molecule has 3 aliphatic rings. The summed E-state index contributed by atoms with van der Waals surface area (Å²) < 4.78 is 30.8. The second-order valence-corrected chi connectivity index (χ2v) is 8.02. The molecule has 0 aromatic carbocycles. The van der Waals surface area contributed by atoms with Gasteiger partial charge in [0.15, 0.2) is 5.96 Å². The fraction of sp³-hybridized carbons (Fsp3) is 0.923. The highest BCUT2D eigenvalue weighted by molar-refractivity contribution is 7.89. The first-order valence-electron chi connectivity index (χ1n) is 7.69. The molecular weight excluding hydrogens is 292 g/mol. The third-order valence-corrected chi connectivity index (χ3v) is 6.47. The summed E-state index contributed by atoms with van der Waals surface area (Å²) in [6.07, 6.45) is 4.75. The lowest BCUT2D eigenvalue weighted by molar-refractivity contribution is 0.0992. The van der Waals surface area contributed by atoms with Crippen molar-refractivity contribution < 1.29 is 13.2 Å². The minimum atomic E-state index is -3.01. The van der Waals surface area contributed by atoms with Crippen molar-refractivity contribution in [3.05, 3.63) is 0 Å². The Labute approximate surface area is 126 Å². The molecule has 2 bridgehead atoms. The van der Waals surface area contributed by atoms with Crippen LogP contribution in [-0.4, -0.2) is 69.4 Å². The molecule has 0 spiro atoms. The van der Waals surface area contributed by atoms with Gasteiger partial charge in [0.2, 0.25) is 10.0 Å². The summed E-state index contributed by atoms with van der Waals surface area (Å²) in [6.45, 7) is 1.70. The second-order valence-electron chi connectivity index (χ2n) is 5.93. The molecule has 2 N–H and O–H groups in total. The Morgan fingerprint density at radius 2 is 2.29 bits per heavy atom. The molecule has 3 heterocycles. The van der Waals surface area contributed by atoms with Gasteiger partial charge in [0.1, 0.15) is 0 Å². The molecule has 7 nitrogen and oxygen atoms in total. The Balaban J connectivity index is 1.43. The van der Waals surface area contributed by atoms with E-state index in [1.165, 1.54) is 6.42 Å². The summed E-state index contributed by atoms with van der Waals surface area (Å²) in [5.74, 6) is 1.01. The molecule has 3 saturated heterocycles. The number of ether oxygens (including phenoxy) is 1. The summed E-state index contributed by atoms with van der Waals surface area (Å²) in [7, 11) is -1.28. The normalized spacial score (nSPS) is 35.3. The molecule has 0 aliphatic carbocycles. The average molecular weight is 316 g/mol. The van der Waals surface area contributed by atoms with E-state index in [4.69, 9.17) is 4.74 Å². The SMILES string of the molecule is CN=C(NCCN1CCCS1(=O)=O)NC1CC2CCC1O2. The van der Waals surface area contributed by atoms with E-state index in [1.54, 1.807) is 11.4 Å². The van der Waals surface area contributed by atoms with Crippen LogP contribution in [0.5, 0.6) is 0 Å². The number of aliphatic imine (C=N–C) groups is 1. The zero-order chi connectivity index (χ0) is 14.9. The van der Waals surface area contributed by atoms with Crippen molar-refractivity contribution in [1.29, 1.82) is 0 Å². The molecule has 3 fully saturated rings. The van der Waals surface area contributed by atoms with Gasteiger partial charge < -0.3 is 15.4 Å². The Hall–Kier alpha value is -0.860. The van der Waals surface area contributed by atoms with Crippen LogP contribution in [0.25, 0.3) is 0 Å². The molecule has 0 amide bonds. The number of hydrogen-bond acceptors (Lipinski definition) is 4. The van der Waals surface area contributed by atoms with Gasteiger partial charge in [0.05, 0.1) is 24.0 Å². The van der Waals surface area contributed by atoms with E-state index in [0.717, 1.165) is 25.2 Å². The van der Waals surface area contributed by atoms with Crippen LogP contribution in [0, 0.1) is 0 Å². The van der Waals surface area contributed by atoms with Crippen molar-refractivity contribution in [3.8, 4) is 0 Å². The fourth-order valence-corrected chi connectivity index (χ4v) is 4.93. The van der Waals surface area contributed by atoms with Crippen molar-refractivity contribution in [3.63, 3.8) is 0 Å². The van der Waals surface area contributed by atoms with Gasteiger partial charge in [-0.15, -0.1) is 0 Å². The smallest absolute Gasteiger partial charge is 0.214 e. The summed E-state index contributed by atoms with van der Waals surface area (Å²) >= 11 is 0. The highest BCUT2D eigenvalue weighted by atomic mass is 32.2. The van der Waals surface area contributed by atoms with E-state index in [0.29, 0.717) is 37.9 Å². The zero-order valence-corrected chi connectivity index (χ0v) is 13.2. The molecule has 21 heavy (non-hydrogen) atoms. The van der Waals surface area contributed by atoms with E-state index in [9.17, 15) is 8.42 Å². The monoisotopic (exact) mass is 316 g/mol. The predicted octanol–water partition coefficient (Wildman–Crippen LogP) is -0.493. The molecule has 8 heteroatoms. The van der Waals surface area contributed by atoms with E-state index in [1.807, 2.05) is 0 Å². The number of rotatable bonds is 4. The summed E-state index contributed by atoms with van der Waals surface area (Å²) in [5, 5.41) is 6.59. The molecule has 0 aromatic rings. The summed E-state index contributed by atoms with van der Waals surface area (Å²) in [4.78, 5) is 4.21. The van der Waals surface area contributed by atoms with Crippen LogP contribution in [-0.2, 0) is 14.8 Å². The van der Waals surface area contributed by atoms with Crippen LogP contribution in [0.2, 0.25) is 0 Å². The first-order valence-corrected chi connectivity index (χ1v) is 9.30. The first-order chi connectivity index (χ1) is 10.1. The zero-order valence-electron chi connectivity index (χ0n) is 12.4. The fourth-order valence-electron chi connectivity index (χ4n) is 3.40. The summed E-state index contributed by atoms with van der Waals surface area (Å²) in [6, 6.07) is 0.325. The first kappa shape index (κ1) is 15.1. The van der Waals surface area contributed by atoms with Crippen LogP contribution >= 0.6 is 0 Å². The Bertz CT molecular complexity index is 508. The lowest BCUT2D eigenvalue weighted by Crippen LogP contribution is -2.48. The molecule has 0 aromatic heterocycles. The largest absolute Gasteiger partial charge is 0.373 e. The Morgan fingerprint density at radius 3 is 2.86 bits per heavy atom. The van der Waals surface area contributed by atoms with Crippen molar-refractivity contribution in [2.45, 2.75) is 43.9 Å². The van der Waals surface area contributed by atoms with Crippen LogP contribution in [0.1, 0.15) is 25.7 Å². The van der Waals surface area contributed by atoms with E-state index < -0.39 is 10.0 Å². The second kappa shape index (κ2) is 6.10. The molecule has 3 rings (SSSR count). The van der Waals surface area contributed by atoms with Gasteiger partial charge >= 0.3 is 0 Å². The van der Waals surface area contributed by atoms with Gasteiger partial charge in [-0.3, -0.25) is 4.99 Å². The van der Waals surface area contributed by atoms with Crippen LogP contribution in [0.3, 0.4) is 0 Å². The van der Waals surface area contributed by atoms with Crippen LogP contribution < -0.4 is 10.6 Å². The van der Waals surface area contributed by atoms with Gasteiger partial charge in [-0.05, 0) is 25.7 Å². The standard InChI is InChI=1S/C13H24N4O3S/c1-14-13(16-11-9-10-3-4-12(11)20-10)15-5-7-17-6-2-8-21(17,18)19/h10-12H,2-9H2,1H3,(H2,14,15,16). The lowest BCUT2D eigenvalue weighted by atomic mass is 9.96. The average Bonchev–Trinajstić information content (AvgIpc) is 3.13. The molecule has 0 saturated carbocycles. The molecule has 120 valence electrons. The Morgan fingerprint density at radius 1 is 1.43 bits per heavy atom. The van der Waals surface area contributed by atoms with Crippen molar-refractivity contribution in [2.75, 3.05) is 32.4 Å². The van der Waals surface area contributed by atoms with Gasteiger partial charge in [0, 0.05) is 26.7 Å². The van der Waals surface area contributed by atoms with Crippen molar-refractivity contribution in [2.24, 2.45) is 4.99 Å². The topological polar surface area (TPSA) is 83.0 Å². The van der Waals surface area contributed by atoms with Gasteiger partial charge in [-0.25, -0.2) is 12.7 Å². The molecule has 3 aliphatic heterocycles. The number of fused-ring (bicyclic) bond motifs is 2. The number of guanidine groups is 1. The van der Waals surface area contributed by atoms with Crippen LogP contribution in [0.15, 0.2) is 4.99 Å². The number of nitrogens with zero attached hydrogens (tertiary/aromatic N) is 2. The third-order valence-electron chi connectivity index (χ3n) is 4.51. The van der Waals surface area contributed by atoms with Gasteiger partial charge in [-0.1, -0.05) is 0 Å². The number of nitrogens with one attached hydrogen (secondary N) is 2. The van der Waals surface area contributed by atoms with E-state index in [2.05, 4.69) is 15.6 Å². The highest BCUT2D eigenvalue weighted by Gasteiger charge is 2.41. The van der Waals surface area contributed by atoms with Crippen molar-refractivity contribution >= 4 is 16.0 Å². The van der Waals surface area contributed by atoms with Gasteiger partial charge in [-0.2, -0.15) is 0 Å². The molecular formula is C13H24N4O3S. The molecule has 3 unspecified atom stereocenters. The molecule has 0 radical (unpaired) electrons. The van der Waals surface area contributed by atoms with Crippen molar-refractivity contribution in [1.82, 2.24) is 14.9 Å². The minimum Gasteiger partial charge on any atom is -0.373 e.